The third-order valence-electron chi connectivity index (χ3n) is 4.88. The number of rotatable bonds is 3. The molecule has 2 aliphatic heterocycles. The predicted molar refractivity (Wildman–Crippen MR) is 70.9 cm³/mol. The predicted octanol–water partition coefficient (Wildman–Crippen LogP) is 1.72. The Labute approximate surface area is 106 Å². The van der Waals surface area contributed by atoms with Crippen LogP contribution in [0.3, 0.4) is 0 Å². The Morgan fingerprint density at radius 3 is 2.71 bits per heavy atom. The van der Waals surface area contributed by atoms with Crippen molar-refractivity contribution in [2.45, 2.75) is 39.7 Å². The van der Waals surface area contributed by atoms with Gasteiger partial charge in [-0.25, -0.2) is 0 Å². The molecule has 0 amide bonds. The zero-order valence-electron chi connectivity index (χ0n) is 11.6. The highest BCUT2D eigenvalue weighted by Gasteiger charge is 2.39. The molecule has 4 unspecified atom stereocenters. The normalized spacial score (nSPS) is 44.1. The van der Waals surface area contributed by atoms with Crippen molar-refractivity contribution in [3.05, 3.63) is 0 Å². The summed E-state index contributed by atoms with van der Waals surface area (Å²) in [6.45, 7) is 12.0. The molecule has 0 aliphatic carbocycles. The zero-order valence-corrected chi connectivity index (χ0v) is 11.6. The van der Waals surface area contributed by atoms with Crippen molar-refractivity contribution in [2.24, 2.45) is 23.0 Å². The summed E-state index contributed by atoms with van der Waals surface area (Å²) in [5, 5.41) is 0. The number of ether oxygens (including phenoxy) is 1. The van der Waals surface area contributed by atoms with Gasteiger partial charge in [0.2, 0.25) is 0 Å². The molecule has 0 aromatic heterocycles. The summed E-state index contributed by atoms with van der Waals surface area (Å²) < 4.78 is 5.58. The van der Waals surface area contributed by atoms with Crippen LogP contribution in [0.4, 0.5) is 0 Å². The monoisotopic (exact) mass is 240 g/mol. The van der Waals surface area contributed by atoms with Crippen LogP contribution in [0.2, 0.25) is 0 Å². The van der Waals surface area contributed by atoms with Gasteiger partial charge in [0.05, 0.1) is 6.61 Å². The summed E-state index contributed by atoms with van der Waals surface area (Å²) in [6.07, 6.45) is 2.50. The molecule has 3 heteroatoms. The first kappa shape index (κ1) is 13.3. The van der Waals surface area contributed by atoms with E-state index < -0.39 is 0 Å². The van der Waals surface area contributed by atoms with Gasteiger partial charge in [-0.05, 0) is 31.6 Å². The highest BCUT2D eigenvalue weighted by molar-refractivity contribution is 4.91. The van der Waals surface area contributed by atoms with Gasteiger partial charge in [0.15, 0.2) is 0 Å². The number of hydrogen-bond donors (Lipinski definition) is 1. The van der Waals surface area contributed by atoms with Gasteiger partial charge in [-0.3, -0.25) is 4.90 Å². The second-order valence-electron chi connectivity index (χ2n) is 6.49. The van der Waals surface area contributed by atoms with Gasteiger partial charge in [-0.1, -0.05) is 13.8 Å². The maximum absolute atomic E-state index is 5.99. The van der Waals surface area contributed by atoms with E-state index in [-0.39, 0.29) is 5.41 Å². The number of nitrogens with zero attached hydrogens (tertiary/aromatic N) is 1. The Bertz CT molecular complexity index is 251. The van der Waals surface area contributed by atoms with Crippen molar-refractivity contribution in [1.29, 1.82) is 0 Å². The van der Waals surface area contributed by atoms with Crippen LogP contribution in [0.1, 0.15) is 33.6 Å². The van der Waals surface area contributed by atoms with E-state index in [2.05, 4.69) is 25.7 Å². The quantitative estimate of drug-likeness (QED) is 0.816. The fraction of sp³-hybridized carbons (Fsp3) is 1.00. The molecule has 0 spiro atoms. The van der Waals surface area contributed by atoms with Crippen molar-refractivity contribution in [1.82, 2.24) is 4.90 Å². The largest absolute Gasteiger partial charge is 0.381 e. The molecule has 4 atom stereocenters. The molecule has 0 radical (unpaired) electrons. The first-order valence-corrected chi connectivity index (χ1v) is 7.08. The first-order valence-electron chi connectivity index (χ1n) is 7.08. The lowest BCUT2D eigenvalue weighted by molar-refractivity contribution is 0.0328. The lowest BCUT2D eigenvalue weighted by Gasteiger charge is -2.44. The average molecular weight is 240 g/mol. The SMILES string of the molecule is CC1CC(C)C(C)N(CC2(CN)CCOC2)C1. The molecule has 0 bridgehead atoms. The highest BCUT2D eigenvalue weighted by Crippen LogP contribution is 2.33. The Morgan fingerprint density at radius 1 is 1.35 bits per heavy atom. The van der Waals surface area contributed by atoms with E-state index >= 15 is 0 Å². The number of likely N-dealkylation sites (tertiary alicyclic amines) is 1. The Morgan fingerprint density at radius 2 is 2.12 bits per heavy atom. The van der Waals surface area contributed by atoms with E-state index in [0.29, 0.717) is 6.04 Å². The molecule has 2 heterocycles. The van der Waals surface area contributed by atoms with Crippen LogP contribution >= 0.6 is 0 Å². The summed E-state index contributed by atoms with van der Waals surface area (Å²) in [5.41, 5.74) is 6.22. The van der Waals surface area contributed by atoms with E-state index in [0.717, 1.165) is 44.6 Å². The maximum Gasteiger partial charge on any atom is 0.0547 e. The molecular weight excluding hydrogens is 212 g/mol. The van der Waals surface area contributed by atoms with Crippen molar-refractivity contribution < 1.29 is 4.74 Å². The van der Waals surface area contributed by atoms with Gasteiger partial charge in [-0.15, -0.1) is 0 Å². The van der Waals surface area contributed by atoms with E-state index in [1.165, 1.54) is 13.0 Å². The van der Waals surface area contributed by atoms with E-state index in [1.807, 2.05) is 0 Å². The summed E-state index contributed by atoms with van der Waals surface area (Å²) in [7, 11) is 0. The second kappa shape index (κ2) is 5.25. The van der Waals surface area contributed by atoms with E-state index in [1.54, 1.807) is 0 Å². The van der Waals surface area contributed by atoms with Crippen molar-refractivity contribution in [2.75, 3.05) is 32.8 Å². The lowest BCUT2D eigenvalue weighted by Crippen LogP contribution is -2.52. The first-order chi connectivity index (χ1) is 8.06. The minimum Gasteiger partial charge on any atom is -0.381 e. The molecule has 3 nitrogen and oxygen atoms in total. The van der Waals surface area contributed by atoms with E-state index in [4.69, 9.17) is 10.5 Å². The van der Waals surface area contributed by atoms with Crippen LogP contribution in [0.5, 0.6) is 0 Å². The molecular formula is C14H28N2O. The van der Waals surface area contributed by atoms with Crippen LogP contribution in [0, 0.1) is 17.3 Å². The van der Waals surface area contributed by atoms with Crippen LogP contribution in [0.15, 0.2) is 0 Å². The fourth-order valence-electron chi connectivity index (χ4n) is 3.47. The van der Waals surface area contributed by atoms with Gasteiger partial charge in [0.1, 0.15) is 0 Å². The number of nitrogens with two attached hydrogens (primary N) is 1. The van der Waals surface area contributed by atoms with Crippen molar-refractivity contribution in [3.63, 3.8) is 0 Å². The van der Waals surface area contributed by atoms with Gasteiger partial charge >= 0.3 is 0 Å². The molecule has 2 aliphatic rings. The molecule has 0 saturated carbocycles. The number of piperidine rings is 1. The Balaban J connectivity index is 2.00. The summed E-state index contributed by atoms with van der Waals surface area (Å²) in [4.78, 5) is 2.65. The average Bonchev–Trinajstić information content (AvgIpc) is 2.74. The van der Waals surface area contributed by atoms with Gasteiger partial charge in [0.25, 0.3) is 0 Å². The second-order valence-corrected chi connectivity index (χ2v) is 6.49. The van der Waals surface area contributed by atoms with E-state index in [9.17, 15) is 0 Å². The minimum absolute atomic E-state index is 0.227. The molecule has 2 saturated heterocycles. The molecule has 2 fully saturated rings. The van der Waals surface area contributed by atoms with Gasteiger partial charge in [-0.2, -0.15) is 0 Å². The molecule has 2 N–H and O–H groups in total. The fourth-order valence-corrected chi connectivity index (χ4v) is 3.47. The molecule has 2 rings (SSSR count). The Kier molecular flexibility index (Phi) is 4.11. The van der Waals surface area contributed by atoms with Crippen LogP contribution in [-0.2, 0) is 4.74 Å². The smallest absolute Gasteiger partial charge is 0.0547 e. The summed E-state index contributed by atoms with van der Waals surface area (Å²) in [6, 6.07) is 0.690. The topological polar surface area (TPSA) is 38.5 Å². The molecule has 17 heavy (non-hydrogen) atoms. The maximum atomic E-state index is 5.99. The summed E-state index contributed by atoms with van der Waals surface area (Å²) in [5.74, 6) is 1.62. The molecule has 100 valence electrons. The minimum atomic E-state index is 0.227. The molecule has 0 aromatic rings. The summed E-state index contributed by atoms with van der Waals surface area (Å²) >= 11 is 0. The van der Waals surface area contributed by atoms with Crippen LogP contribution < -0.4 is 5.73 Å². The zero-order chi connectivity index (χ0) is 12.5. The van der Waals surface area contributed by atoms with Gasteiger partial charge < -0.3 is 10.5 Å². The standard InChI is InChI=1S/C14H28N2O/c1-11-6-12(2)13(3)16(7-11)9-14(8-15)4-5-17-10-14/h11-13H,4-10,15H2,1-3H3. The van der Waals surface area contributed by atoms with Crippen LogP contribution in [0.25, 0.3) is 0 Å². The number of hydrogen-bond acceptors (Lipinski definition) is 3. The highest BCUT2D eigenvalue weighted by atomic mass is 16.5. The van der Waals surface area contributed by atoms with Crippen molar-refractivity contribution in [3.8, 4) is 0 Å². The van der Waals surface area contributed by atoms with Crippen LogP contribution in [-0.4, -0.2) is 43.8 Å². The van der Waals surface area contributed by atoms with Crippen molar-refractivity contribution >= 4 is 0 Å². The third-order valence-corrected chi connectivity index (χ3v) is 4.88. The lowest BCUT2D eigenvalue weighted by atomic mass is 9.81. The van der Waals surface area contributed by atoms with Gasteiger partial charge in [0, 0.05) is 37.7 Å². The molecule has 0 aromatic carbocycles. The third kappa shape index (κ3) is 2.83. The Hall–Kier alpha value is -0.120.